The van der Waals surface area contributed by atoms with Crippen LogP contribution in [0.3, 0.4) is 0 Å². The van der Waals surface area contributed by atoms with E-state index >= 15 is 0 Å². The lowest BCUT2D eigenvalue weighted by molar-refractivity contribution is -0.132. The maximum Gasteiger partial charge on any atom is 0.227 e. The standard InChI is InChI=1S/C31H42N2O6/c1-36-26-16-22(24(18-28(26)38-3)20-30(34)32-11-7-5-8-12-32)15-23-17-27(37-2)29(39-4)19-25(23)21-31(35)33-13-9-6-10-14-33/h16-19H,5-15,20-21H2,1-4H3. The van der Waals surface area contributed by atoms with E-state index in [0.717, 1.165) is 74.1 Å². The van der Waals surface area contributed by atoms with E-state index in [0.29, 0.717) is 29.4 Å². The lowest BCUT2D eigenvalue weighted by Crippen LogP contribution is -2.37. The lowest BCUT2D eigenvalue weighted by atomic mass is 9.92. The average Bonchev–Trinajstić information content (AvgIpc) is 2.98. The summed E-state index contributed by atoms with van der Waals surface area (Å²) in [4.78, 5) is 30.5. The summed E-state index contributed by atoms with van der Waals surface area (Å²) in [6.07, 6.45) is 7.60. The number of methoxy groups -OCH3 is 4. The Hall–Kier alpha value is -3.42. The van der Waals surface area contributed by atoms with Crippen LogP contribution in [0.2, 0.25) is 0 Å². The summed E-state index contributed by atoms with van der Waals surface area (Å²) in [5, 5.41) is 0. The fraction of sp³-hybridized carbons (Fsp3) is 0.548. The number of piperidine rings is 2. The van der Waals surface area contributed by atoms with Crippen LogP contribution in [0.25, 0.3) is 0 Å². The summed E-state index contributed by atoms with van der Waals surface area (Å²) < 4.78 is 22.4. The first-order valence-electron chi connectivity index (χ1n) is 14.0. The Labute approximate surface area is 232 Å². The summed E-state index contributed by atoms with van der Waals surface area (Å²) in [6, 6.07) is 7.72. The molecular weight excluding hydrogens is 496 g/mol. The minimum Gasteiger partial charge on any atom is -0.493 e. The second-order valence-electron chi connectivity index (χ2n) is 10.4. The van der Waals surface area contributed by atoms with Gasteiger partial charge in [-0.1, -0.05) is 0 Å². The molecule has 0 unspecified atom stereocenters. The molecule has 0 radical (unpaired) electrons. The molecule has 2 aliphatic rings. The van der Waals surface area contributed by atoms with Crippen molar-refractivity contribution in [2.45, 2.75) is 57.8 Å². The van der Waals surface area contributed by atoms with Crippen LogP contribution >= 0.6 is 0 Å². The van der Waals surface area contributed by atoms with Gasteiger partial charge in [0.05, 0.1) is 41.3 Å². The first kappa shape index (κ1) is 28.6. The number of benzene rings is 2. The number of hydrogen-bond acceptors (Lipinski definition) is 6. The van der Waals surface area contributed by atoms with Crippen LogP contribution < -0.4 is 18.9 Å². The zero-order valence-corrected chi connectivity index (χ0v) is 23.8. The van der Waals surface area contributed by atoms with Crippen molar-refractivity contribution < 1.29 is 28.5 Å². The SMILES string of the molecule is COc1cc(CC(=O)N2CCCCC2)c(Cc2cc(OC)c(OC)cc2CC(=O)N2CCCCC2)cc1OC. The molecule has 0 aliphatic carbocycles. The largest absolute Gasteiger partial charge is 0.493 e. The van der Waals surface area contributed by atoms with Gasteiger partial charge >= 0.3 is 0 Å². The summed E-state index contributed by atoms with van der Waals surface area (Å²) >= 11 is 0. The van der Waals surface area contributed by atoms with Gasteiger partial charge in [-0.25, -0.2) is 0 Å². The van der Waals surface area contributed by atoms with Crippen molar-refractivity contribution in [2.75, 3.05) is 54.6 Å². The molecule has 8 heteroatoms. The van der Waals surface area contributed by atoms with E-state index in [2.05, 4.69) is 0 Å². The van der Waals surface area contributed by atoms with Crippen molar-refractivity contribution >= 4 is 11.8 Å². The monoisotopic (exact) mass is 538 g/mol. The first-order chi connectivity index (χ1) is 19.0. The molecule has 0 N–H and O–H groups in total. The Morgan fingerprint density at radius 2 is 0.846 bits per heavy atom. The number of likely N-dealkylation sites (tertiary alicyclic amines) is 2. The Morgan fingerprint density at radius 1 is 0.538 bits per heavy atom. The van der Waals surface area contributed by atoms with Crippen molar-refractivity contribution in [2.24, 2.45) is 0 Å². The van der Waals surface area contributed by atoms with E-state index in [9.17, 15) is 9.59 Å². The third-order valence-electron chi connectivity index (χ3n) is 7.89. The molecule has 0 atom stereocenters. The highest BCUT2D eigenvalue weighted by molar-refractivity contribution is 5.80. The minimum absolute atomic E-state index is 0.121. The van der Waals surface area contributed by atoms with Gasteiger partial charge in [-0.3, -0.25) is 9.59 Å². The van der Waals surface area contributed by atoms with Crippen LogP contribution in [0.4, 0.5) is 0 Å². The van der Waals surface area contributed by atoms with Crippen molar-refractivity contribution in [1.82, 2.24) is 9.80 Å². The number of carbonyl (C=O) groups is 2. The smallest absolute Gasteiger partial charge is 0.227 e. The first-order valence-corrected chi connectivity index (χ1v) is 14.0. The molecule has 8 nitrogen and oxygen atoms in total. The van der Waals surface area contributed by atoms with Crippen molar-refractivity contribution in [3.8, 4) is 23.0 Å². The Kier molecular flexibility index (Phi) is 9.96. The molecule has 4 rings (SSSR count). The molecule has 0 bridgehead atoms. The highest BCUT2D eigenvalue weighted by atomic mass is 16.5. The minimum atomic E-state index is 0.121. The lowest BCUT2D eigenvalue weighted by Gasteiger charge is -2.28. The third kappa shape index (κ3) is 6.97. The van der Waals surface area contributed by atoms with E-state index in [1.807, 2.05) is 34.1 Å². The number of hydrogen-bond donors (Lipinski definition) is 0. The van der Waals surface area contributed by atoms with E-state index in [1.165, 1.54) is 12.8 Å². The third-order valence-corrected chi connectivity index (χ3v) is 7.89. The molecule has 2 fully saturated rings. The average molecular weight is 539 g/mol. The quantitative estimate of drug-likeness (QED) is 0.446. The predicted octanol–water partition coefficient (Wildman–Crippen LogP) is 4.42. The van der Waals surface area contributed by atoms with Crippen LogP contribution in [0, 0.1) is 0 Å². The fourth-order valence-corrected chi connectivity index (χ4v) is 5.63. The number of amides is 2. The summed E-state index contributed by atoms with van der Waals surface area (Å²) in [6.45, 7) is 3.22. The van der Waals surface area contributed by atoms with Crippen LogP contribution in [-0.4, -0.2) is 76.2 Å². The zero-order valence-electron chi connectivity index (χ0n) is 23.8. The van der Waals surface area contributed by atoms with Gasteiger partial charge in [0, 0.05) is 26.2 Å². The van der Waals surface area contributed by atoms with Gasteiger partial charge in [0.1, 0.15) is 0 Å². The zero-order chi connectivity index (χ0) is 27.8. The van der Waals surface area contributed by atoms with Crippen LogP contribution in [0.5, 0.6) is 23.0 Å². The fourth-order valence-electron chi connectivity index (χ4n) is 5.63. The highest BCUT2D eigenvalue weighted by Crippen LogP contribution is 2.36. The Balaban J connectivity index is 1.70. The molecule has 2 amide bonds. The number of carbonyl (C=O) groups excluding carboxylic acids is 2. The van der Waals surface area contributed by atoms with Gasteiger partial charge in [0.15, 0.2) is 23.0 Å². The van der Waals surface area contributed by atoms with Crippen molar-refractivity contribution in [3.63, 3.8) is 0 Å². The normalized spacial score (nSPS) is 15.6. The van der Waals surface area contributed by atoms with Crippen LogP contribution in [-0.2, 0) is 28.9 Å². The van der Waals surface area contributed by atoms with Gasteiger partial charge < -0.3 is 28.7 Å². The van der Waals surface area contributed by atoms with Gasteiger partial charge in [-0.2, -0.15) is 0 Å². The number of rotatable bonds is 10. The second-order valence-corrected chi connectivity index (χ2v) is 10.4. The molecule has 2 aromatic carbocycles. The summed E-state index contributed by atoms with van der Waals surface area (Å²) in [5.41, 5.74) is 3.70. The van der Waals surface area contributed by atoms with E-state index < -0.39 is 0 Å². The van der Waals surface area contributed by atoms with Crippen molar-refractivity contribution in [3.05, 3.63) is 46.5 Å². The predicted molar refractivity (Wildman–Crippen MR) is 150 cm³/mol. The van der Waals surface area contributed by atoms with E-state index in [1.54, 1.807) is 28.4 Å². The maximum atomic E-state index is 13.3. The van der Waals surface area contributed by atoms with E-state index in [-0.39, 0.29) is 24.7 Å². The molecule has 2 saturated heterocycles. The number of ether oxygens (including phenoxy) is 4. The summed E-state index contributed by atoms with van der Waals surface area (Å²) in [5.74, 6) is 2.64. The Morgan fingerprint density at radius 3 is 1.15 bits per heavy atom. The highest BCUT2D eigenvalue weighted by Gasteiger charge is 2.23. The Bertz CT molecular complexity index is 1060. The van der Waals surface area contributed by atoms with Crippen molar-refractivity contribution in [1.29, 1.82) is 0 Å². The molecule has 212 valence electrons. The van der Waals surface area contributed by atoms with Gasteiger partial charge in [0.25, 0.3) is 0 Å². The molecule has 2 aliphatic heterocycles. The second kappa shape index (κ2) is 13.6. The molecule has 2 heterocycles. The molecule has 39 heavy (non-hydrogen) atoms. The molecular formula is C31H42N2O6. The van der Waals surface area contributed by atoms with Gasteiger partial charge in [-0.15, -0.1) is 0 Å². The molecule has 2 aromatic rings. The molecule has 0 spiro atoms. The maximum absolute atomic E-state index is 13.3. The van der Waals surface area contributed by atoms with Gasteiger partial charge in [-0.05, 0) is 91.5 Å². The van der Waals surface area contributed by atoms with Crippen LogP contribution in [0.15, 0.2) is 24.3 Å². The number of nitrogens with zero attached hydrogens (tertiary/aromatic N) is 2. The summed E-state index contributed by atoms with van der Waals surface area (Å²) in [7, 11) is 6.43. The molecule has 0 saturated carbocycles. The van der Waals surface area contributed by atoms with E-state index in [4.69, 9.17) is 18.9 Å². The van der Waals surface area contributed by atoms with Gasteiger partial charge in [0.2, 0.25) is 11.8 Å². The topological polar surface area (TPSA) is 77.5 Å². The molecule has 0 aromatic heterocycles. The van der Waals surface area contributed by atoms with Crippen LogP contribution in [0.1, 0.15) is 60.8 Å².